The van der Waals surface area contributed by atoms with Crippen molar-refractivity contribution in [1.29, 1.82) is 0 Å². The SMILES string of the molecule is O=C(/C=C/c1ccccc1)Nc1ccc(Cl)cc1C(O)c1ccccc1. The van der Waals surface area contributed by atoms with E-state index in [4.69, 9.17) is 11.6 Å². The largest absolute Gasteiger partial charge is 0.384 e. The van der Waals surface area contributed by atoms with E-state index in [9.17, 15) is 9.90 Å². The molecule has 0 aliphatic rings. The third kappa shape index (κ3) is 4.60. The first-order chi connectivity index (χ1) is 12.6. The van der Waals surface area contributed by atoms with Crippen LogP contribution in [0.4, 0.5) is 5.69 Å². The first-order valence-corrected chi connectivity index (χ1v) is 8.58. The number of nitrogens with one attached hydrogen (secondary N) is 1. The van der Waals surface area contributed by atoms with Crippen LogP contribution in [0.5, 0.6) is 0 Å². The fourth-order valence-electron chi connectivity index (χ4n) is 2.60. The highest BCUT2D eigenvalue weighted by Crippen LogP contribution is 2.30. The zero-order valence-electron chi connectivity index (χ0n) is 14.0. The molecule has 0 bridgehead atoms. The molecule has 0 saturated heterocycles. The summed E-state index contributed by atoms with van der Waals surface area (Å²) < 4.78 is 0. The molecule has 130 valence electrons. The van der Waals surface area contributed by atoms with E-state index in [0.29, 0.717) is 16.3 Å². The van der Waals surface area contributed by atoms with Gasteiger partial charge in [-0.3, -0.25) is 4.79 Å². The molecule has 1 atom stereocenters. The summed E-state index contributed by atoms with van der Waals surface area (Å²) in [5.41, 5.74) is 2.73. The van der Waals surface area contributed by atoms with Gasteiger partial charge in [0, 0.05) is 22.3 Å². The van der Waals surface area contributed by atoms with E-state index in [0.717, 1.165) is 11.1 Å². The number of amides is 1. The Balaban J connectivity index is 1.82. The Morgan fingerprint density at radius 1 is 0.962 bits per heavy atom. The second kappa shape index (κ2) is 8.48. The first kappa shape index (κ1) is 17.9. The van der Waals surface area contributed by atoms with Crippen molar-refractivity contribution in [3.8, 4) is 0 Å². The van der Waals surface area contributed by atoms with E-state index >= 15 is 0 Å². The molecule has 0 radical (unpaired) electrons. The summed E-state index contributed by atoms with van der Waals surface area (Å²) in [7, 11) is 0. The molecule has 0 spiro atoms. The van der Waals surface area contributed by atoms with Gasteiger partial charge in [0.25, 0.3) is 0 Å². The number of hydrogen-bond acceptors (Lipinski definition) is 2. The quantitative estimate of drug-likeness (QED) is 0.621. The highest BCUT2D eigenvalue weighted by atomic mass is 35.5. The minimum Gasteiger partial charge on any atom is -0.384 e. The van der Waals surface area contributed by atoms with Gasteiger partial charge in [0.1, 0.15) is 6.10 Å². The Hall–Kier alpha value is -2.88. The van der Waals surface area contributed by atoms with Gasteiger partial charge in [-0.1, -0.05) is 72.3 Å². The van der Waals surface area contributed by atoms with Gasteiger partial charge < -0.3 is 10.4 Å². The maximum absolute atomic E-state index is 12.3. The van der Waals surface area contributed by atoms with Gasteiger partial charge in [-0.2, -0.15) is 0 Å². The van der Waals surface area contributed by atoms with Gasteiger partial charge in [0.05, 0.1) is 0 Å². The third-order valence-electron chi connectivity index (χ3n) is 3.91. The van der Waals surface area contributed by atoms with Crippen LogP contribution in [0.3, 0.4) is 0 Å². The van der Waals surface area contributed by atoms with Crippen LogP contribution < -0.4 is 5.32 Å². The molecule has 3 aromatic rings. The molecule has 26 heavy (non-hydrogen) atoms. The predicted molar refractivity (Wildman–Crippen MR) is 106 cm³/mol. The molecular weight excluding hydrogens is 346 g/mol. The van der Waals surface area contributed by atoms with Crippen LogP contribution in [0.1, 0.15) is 22.8 Å². The smallest absolute Gasteiger partial charge is 0.248 e. The minimum atomic E-state index is -0.886. The molecule has 0 aromatic heterocycles. The van der Waals surface area contributed by atoms with Crippen LogP contribution in [0, 0.1) is 0 Å². The Kier molecular flexibility index (Phi) is 5.84. The van der Waals surface area contributed by atoms with Gasteiger partial charge >= 0.3 is 0 Å². The van der Waals surface area contributed by atoms with Crippen molar-refractivity contribution in [3.05, 3.63) is 107 Å². The summed E-state index contributed by atoms with van der Waals surface area (Å²) in [4.78, 5) is 12.3. The average Bonchev–Trinajstić information content (AvgIpc) is 2.69. The number of benzene rings is 3. The number of carbonyl (C=O) groups is 1. The molecular formula is C22H18ClNO2. The van der Waals surface area contributed by atoms with Crippen molar-refractivity contribution < 1.29 is 9.90 Å². The average molecular weight is 364 g/mol. The van der Waals surface area contributed by atoms with Gasteiger partial charge in [0.2, 0.25) is 5.91 Å². The van der Waals surface area contributed by atoms with Crippen LogP contribution in [-0.4, -0.2) is 11.0 Å². The van der Waals surface area contributed by atoms with E-state index in [1.165, 1.54) is 6.08 Å². The van der Waals surface area contributed by atoms with E-state index in [1.54, 1.807) is 24.3 Å². The molecule has 1 unspecified atom stereocenters. The van der Waals surface area contributed by atoms with Crippen molar-refractivity contribution in [1.82, 2.24) is 0 Å². The second-order valence-electron chi connectivity index (χ2n) is 5.78. The van der Waals surface area contributed by atoms with Gasteiger partial charge in [-0.25, -0.2) is 0 Å². The molecule has 3 aromatic carbocycles. The lowest BCUT2D eigenvalue weighted by atomic mass is 10.00. The molecule has 0 saturated carbocycles. The topological polar surface area (TPSA) is 49.3 Å². The Labute approximate surface area is 157 Å². The number of anilines is 1. The van der Waals surface area contributed by atoms with E-state index in [-0.39, 0.29) is 5.91 Å². The normalized spacial score (nSPS) is 12.1. The predicted octanol–water partition coefficient (Wildman–Crippen LogP) is 5.07. The molecule has 3 nitrogen and oxygen atoms in total. The monoisotopic (exact) mass is 363 g/mol. The van der Waals surface area contributed by atoms with Crippen molar-refractivity contribution in [2.24, 2.45) is 0 Å². The number of hydrogen-bond donors (Lipinski definition) is 2. The minimum absolute atomic E-state index is 0.280. The lowest BCUT2D eigenvalue weighted by Crippen LogP contribution is -2.12. The van der Waals surface area contributed by atoms with Crippen molar-refractivity contribution in [2.45, 2.75) is 6.10 Å². The standard InChI is InChI=1S/C22H18ClNO2/c23-18-12-13-20(19(15-18)22(26)17-9-5-2-6-10-17)24-21(25)14-11-16-7-3-1-4-8-16/h1-15,22,26H,(H,24,25)/b14-11+. The number of rotatable bonds is 5. The summed E-state index contributed by atoms with van der Waals surface area (Å²) in [5.74, 6) is -0.280. The maximum Gasteiger partial charge on any atom is 0.248 e. The van der Waals surface area contributed by atoms with Gasteiger partial charge in [-0.15, -0.1) is 0 Å². The summed E-state index contributed by atoms with van der Waals surface area (Å²) in [6.07, 6.45) is 2.31. The van der Waals surface area contributed by atoms with Crippen LogP contribution in [0.2, 0.25) is 5.02 Å². The van der Waals surface area contributed by atoms with Gasteiger partial charge in [0.15, 0.2) is 0 Å². The van der Waals surface area contributed by atoms with E-state index < -0.39 is 6.10 Å². The third-order valence-corrected chi connectivity index (χ3v) is 4.14. The first-order valence-electron chi connectivity index (χ1n) is 8.20. The molecule has 0 aliphatic carbocycles. The zero-order chi connectivity index (χ0) is 18.4. The van der Waals surface area contributed by atoms with Crippen LogP contribution in [0.25, 0.3) is 6.08 Å². The molecule has 0 aliphatic heterocycles. The molecule has 0 fully saturated rings. The highest BCUT2D eigenvalue weighted by molar-refractivity contribution is 6.30. The van der Waals surface area contributed by atoms with Gasteiger partial charge in [-0.05, 0) is 35.4 Å². The van der Waals surface area contributed by atoms with Crippen molar-refractivity contribution in [3.63, 3.8) is 0 Å². The van der Waals surface area contributed by atoms with E-state index in [2.05, 4.69) is 5.32 Å². The summed E-state index contributed by atoms with van der Waals surface area (Å²) >= 11 is 6.09. The van der Waals surface area contributed by atoms with Crippen LogP contribution in [-0.2, 0) is 4.79 Å². The number of aliphatic hydroxyl groups excluding tert-OH is 1. The Morgan fingerprint density at radius 2 is 1.62 bits per heavy atom. The lowest BCUT2D eigenvalue weighted by Gasteiger charge is -2.16. The van der Waals surface area contributed by atoms with Crippen LogP contribution >= 0.6 is 11.6 Å². The number of halogens is 1. The lowest BCUT2D eigenvalue weighted by molar-refractivity contribution is -0.111. The molecule has 4 heteroatoms. The molecule has 0 heterocycles. The molecule has 2 N–H and O–H groups in total. The number of carbonyl (C=O) groups excluding carboxylic acids is 1. The van der Waals surface area contributed by atoms with E-state index in [1.807, 2.05) is 60.7 Å². The van der Waals surface area contributed by atoms with Crippen molar-refractivity contribution >= 4 is 29.3 Å². The Bertz CT molecular complexity index is 908. The fraction of sp³-hybridized carbons (Fsp3) is 0.0455. The summed E-state index contributed by atoms with van der Waals surface area (Å²) in [6.45, 7) is 0. The maximum atomic E-state index is 12.3. The Morgan fingerprint density at radius 3 is 2.31 bits per heavy atom. The summed E-state index contributed by atoms with van der Waals surface area (Å²) in [6, 6.07) is 23.8. The zero-order valence-corrected chi connectivity index (χ0v) is 14.7. The number of aliphatic hydroxyl groups is 1. The molecule has 1 amide bonds. The van der Waals surface area contributed by atoms with Crippen LogP contribution in [0.15, 0.2) is 84.9 Å². The molecule has 3 rings (SSSR count). The summed E-state index contributed by atoms with van der Waals surface area (Å²) in [5, 5.41) is 14.0. The second-order valence-corrected chi connectivity index (χ2v) is 6.21. The fourth-order valence-corrected chi connectivity index (χ4v) is 2.78. The highest BCUT2D eigenvalue weighted by Gasteiger charge is 2.16. The van der Waals surface area contributed by atoms with Crippen molar-refractivity contribution in [2.75, 3.05) is 5.32 Å².